The topological polar surface area (TPSA) is 135 Å². The molecule has 12 heteroatoms. The summed E-state index contributed by atoms with van der Waals surface area (Å²) >= 11 is 0. The molecule has 3 heterocycles. The summed E-state index contributed by atoms with van der Waals surface area (Å²) in [7, 11) is 7.40. The maximum Gasteiger partial charge on any atom is 0.338 e. The number of hydrogen-bond donors (Lipinski definition) is 1. The first-order chi connectivity index (χ1) is 25.3. The van der Waals surface area contributed by atoms with Gasteiger partial charge in [-0.3, -0.25) is 14.5 Å². The van der Waals surface area contributed by atoms with Crippen molar-refractivity contribution in [2.24, 2.45) is 17.8 Å². The van der Waals surface area contributed by atoms with Crippen molar-refractivity contribution >= 4 is 28.8 Å². The molecule has 0 amide bonds. The van der Waals surface area contributed by atoms with Crippen molar-refractivity contribution in [3.05, 3.63) is 83.0 Å². The van der Waals surface area contributed by atoms with E-state index in [9.17, 15) is 14.4 Å². The zero-order valence-electron chi connectivity index (χ0n) is 30.0. The molecular formula is C40H44N2O10. The standard InChI is InChI=1S/C40H44N2O10/c1-46-25-11-12-26-27-13-14-42-21-24-18-33(38(49-4)35(40(45)50-5)28(24)20-30(42)36(27)41-29(26)19-25)51-39(44)23-16-31(47-2)37(32(17-23)48-3)52-34(43)15-22-9-7-6-8-10-22/h6-12,16-17,19,24,28,30,33,35,38,41H,13-15,18,20-21H2,1-5H3. The van der Waals surface area contributed by atoms with Gasteiger partial charge >= 0.3 is 17.9 Å². The highest BCUT2D eigenvalue weighted by Gasteiger charge is 2.54. The summed E-state index contributed by atoms with van der Waals surface area (Å²) in [5.41, 5.74) is 4.44. The third-order valence-electron chi connectivity index (χ3n) is 11.0. The predicted molar refractivity (Wildman–Crippen MR) is 190 cm³/mol. The highest BCUT2D eigenvalue weighted by molar-refractivity contribution is 5.92. The van der Waals surface area contributed by atoms with Crippen LogP contribution in [0.15, 0.2) is 60.7 Å². The molecule has 0 radical (unpaired) electrons. The van der Waals surface area contributed by atoms with E-state index in [4.69, 9.17) is 33.2 Å². The van der Waals surface area contributed by atoms with Gasteiger partial charge in [0.2, 0.25) is 5.75 Å². The van der Waals surface area contributed by atoms with Gasteiger partial charge in [-0.2, -0.15) is 0 Å². The number of aromatic nitrogens is 1. The van der Waals surface area contributed by atoms with Crippen molar-refractivity contribution in [2.75, 3.05) is 48.6 Å². The van der Waals surface area contributed by atoms with Crippen molar-refractivity contribution in [2.45, 2.75) is 43.9 Å². The van der Waals surface area contributed by atoms with Crippen molar-refractivity contribution < 1.29 is 47.5 Å². The lowest BCUT2D eigenvalue weighted by molar-refractivity contribution is -0.176. The molecule has 0 bridgehead atoms. The van der Waals surface area contributed by atoms with Crippen LogP contribution < -0.4 is 18.9 Å². The zero-order valence-corrected chi connectivity index (χ0v) is 30.0. The molecule has 0 spiro atoms. The summed E-state index contributed by atoms with van der Waals surface area (Å²) in [5, 5.41) is 1.19. The van der Waals surface area contributed by atoms with E-state index < -0.39 is 36.0 Å². The van der Waals surface area contributed by atoms with E-state index in [0.29, 0.717) is 6.42 Å². The maximum absolute atomic E-state index is 13.9. The Morgan fingerprint density at radius 1 is 0.885 bits per heavy atom. The van der Waals surface area contributed by atoms with E-state index >= 15 is 0 Å². The number of fused-ring (bicyclic) bond motifs is 6. The Kier molecular flexibility index (Phi) is 10.1. The van der Waals surface area contributed by atoms with Crippen molar-refractivity contribution in [3.8, 4) is 23.0 Å². The Labute approximate surface area is 302 Å². The van der Waals surface area contributed by atoms with Gasteiger partial charge in [0.05, 0.1) is 52.4 Å². The van der Waals surface area contributed by atoms with Crippen LogP contribution in [0.2, 0.25) is 0 Å². The molecule has 1 aromatic heterocycles. The van der Waals surface area contributed by atoms with Crippen LogP contribution in [0.25, 0.3) is 10.9 Å². The monoisotopic (exact) mass is 712 g/mol. The van der Waals surface area contributed by atoms with E-state index in [0.717, 1.165) is 42.8 Å². The van der Waals surface area contributed by atoms with Crippen LogP contribution in [0.1, 0.15) is 46.1 Å². The highest BCUT2D eigenvalue weighted by atomic mass is 16.6. The number of hydrogen-bond acceptors (Lipinski definition) is 11. The summed E-state index contributed by atoms with van der Waals surface area (Å²) < 4.78 is 39.7. The molecule has 3 aliphatic rings. The molecule has 1 aliphatic carbocycles. The Morgan fingerprint density at radius 3 is 2.31 bits per heavy atom. The number of ether oxygens (including phenoxy) is 7. The number of carbonyl (C=O) groups is 3. The lowest BCUT2D eigenvalue weighted by Gasteiger charge is -2.52. The van der Waals surface area contributed by atoms with Crippen LogP contribution >= 0.6 is 0 Å². The molecule has 274 valence electrons. The number of rotatable bonds is 10. The van der Waals surface area contributed by atoms with Gasteiger partial charge < -0.3 is 38.1 Å². The second kappa shape index (κ2) is 14.9. The van der Waals surface area contributed by atoms with Crippen LogP contribution in [-0.2, 0) is 36.6 Å². The van der Waals surface area contributed by atoms with Gasteiger partial charge in [-0.25, -0.2) is 4.79 Å². The quantitative estimate of drug-likeness (QED) is 0.169. The van der Waals surface area contributed by atoms with Crippen LogP contribution in [0.4, 0.5) is 0 Å². The highest BCUT2D eigenvalue weighted by Crippen LogP contribution is 2.51. The Bertz CT molecular complexity index is 1930. The molecule has 2 fully saturated rings. The molecule has 3 aromatic carbocycles. The first kappa shape index (κ1) is 35.3. The normalized spacial score (nSPS) is 23.8. The van der Waals surface area contributed by atoms with Gasteiger partial charge in [0, 0.05) is 42.9 Å². The Balaban J connectivity index is 1.12. The number of aromatic amines is 1. The van der Waals surface area contributed by atoms with E-state index in [1.165, 1.54) is 57.2 Å². The third-order valence-corrected chi connectivity index (χ3v) is 11.0. The fourth-order valence-electron chi connectivity index (χ4n) is 8.57. The number of piperidine rings is 1. The number of nitrogens with one attached hydrogen (secondary N) is 1. The number of methoxy groups -OCH3 is 5. The Hall–Kier alpha value is -5.07. The number of esters is 3. The van der Waals surface area contributed by atoms with Crippen LogP contribution in [-0.4, -0.2) is 88.6 Å². The lowest BCUT2D eigenvalue weighted by atomic mass is 9.63. The first-order valence-corrected chi connectivity index (χ1v) is 17.5. The van der Waals surface area contributed by atoms with Gasteiger partial charge in [-0.15, -0.1) is 0 Å². The smallest absolute Gasteiger partial charge is 0.338 e. The molecular weight excluding hydrogens is 668 g/mol. The average molecular weight is 713 g/mol. The molecule has 7 rings (SSSR count). The Morgan fingerprint density at radius 2 is 1.63 bits per heavy atom. The lowest BCUT2D eigenvalue weighted by Crippen LogP contribution is -2.58. The number of nitrogens with zero attached hydrogens (tertiary/aromatic N) is 1. The maximum atomic E-state index is 13.9. The molecule has 1 saturated heterocycles. The van der Waals surface area contributed by atoms with E-state index in [-0.39, 0.29) is 47.1 Å². The zero-order chi connectivity index (χ0) is 36.5. The van der Waals surface area contributed by atoms with Crippen molar-refractivity contribution in [1.29, 1.82) is 0 Å². The summed E-state index contributed by atoms with van der Waals surface area (Å²) in [6.07, 6.45) is 0.696. The fourth-order valence-corrected chi connectivity index (χ4v) is 8.57. The molecule has 1 N–H and O–H groups in total. The second-order valence-corrected chi connectivity index (χ2v) is 13.6. The predicted octanol–water partition coefficient (Wildman–Crippen LogP) is 5.31. The summed E-state index contributed by atoms with van der Waals surface area (Å²) in [6.45, 7) is 1.61. The fraction of sp³-hybridized carbons (Fsp3) is 0.425. The van der Waals surface area contributed by atoms with Crippen molar-refractivity contribution in [1.82, 2.24) is 9.88 Å². The number of H-pyrrole nitrogens is 1. The minimum absolute atomic E-state index is 0.0386. The molecule has 52 heavy (non-hydrogen) atoms. The van der Waals surface area contributed by atoms with Crippen LogP contribution in [0.5, 0.6) is 23.0 Å². The van der Waals surface area contributed by atoms with Gasteiger partial charge in [0.15, 0.2) is 11.5 Å². The van der Waals surface area contributed by atoms with Gasteiger partial charge in [-0.05, 0) is 66.5 Å². The molecule has 1 saturated carbocycles. The molecule has 2 aliphatic heterocycles. The molecule has 6 unspecified atom stereocenters. The summed E-state index contributed by atoms with van der Waals surface area (Å²) in [4.78, 5) is 46.4. The summed E-state index contributed by atoms with van der Waals surface area (Å²) in [6, 6.07) is 18.3. The van der Waals surface area contributed by atoms with Gasteiger partial charge in [-0.1, -0.05) is 30.3 Å². The number of benzene rings is 3. The number of carbonyl (C=O) groups excluding carboxylic acids is 3. The van der Waals surface area contributed by atoms with Crippen molar-refractivity contribution in [3.63, 3.8) is 0 Å². The van der Waals surface area contributed by atoms with E-state index in [2.05, 4.69) is 16.0 Å². The van der Waals surface area contributed by atoms with Crippen LogP contribution in [0, 0.1) is 17.8 Å². The first-order valence-electron chi connectivity index (χ1n) is 17.5. The molecule has 4 aromatic rings. The largest absolute Gasteiger partial charge is 0.497 e. The minimum atomic E-state index is -0.736. The van der Waals surface area contributed by atoms with E-state index in [1.54, 1.807) is 7.11 Å². The van der Waals surface area contributed by atoms with Gasteiger partial charge in [0.25, 0.3) is 0 Å². The van der Waals surface area contributed by atoms with E-state index in [1.807, 2.05) is 42.5 Å². The minimum Gasteiger partial charge on any atom is -0.497 e. The summed E-state index contributed by atoms with van der Waals surface area (Å²) in [5.74, 6) is -1.12. The second-order valence-electron chi connectivity index (χ2n) is 13.6. The molecule has 6 atom stereocenters. The molecule has 12 nitrogen and oxygen atoms in total. The van der Waals surface area contributed by atoms with Crippen LogP contribution in [0.3, 0.4) is 0 Å². The third kappa shape index (κ3) is 6.56. The SMILES string of the molecule is COC(=O)C1C2CC3c4[nH]c5cc(OC)ccc5c4CCN3CC2CC(OC(=O)c2cc(OC)c(OC(=O)Cc3ccccc3)c(OC)c2)C1OC. The average Bonchev–Trinajstić information content (AvgIpc) is 3.55. The van der Waals surface area contributed by atoms with Gasteiger partial charge in [0.1, 0.15) is 18.0 Å².